The summed E-state index contributed by atoms with van der Waals surface area (Å²) in [6, 6.07) is 0. The molecule has 4 heteroatoms. The van der Waals surface area contributed by atoms with Crippen molar-refractivity contribution in [1.82, 2.24) is 14.8 Å². The number of hydrogen-bond acceptors (Lipinski definition) is 3. The normalized spacial score (nSPS) is 10.5. The van der Waals surface area contributed by atoms with Crippen LogP contribution in [0.25, 0.3) is 0 Å². The van der Waals surface area contributed by atoms with Crippen molar-refractivity contribution in [3.8, 4) is 0 Å². The Morgan fingerprint density at radius 3 is 2.82 bits per heavy atom. The van der Waals surface area contributed by atoms with Crippen LogP contribution in [-0.4, -0.2) is 20.5 Å². The lowest BCUT2D eigenvalue weighted by molar-refractivity contribution is -0.122. The second-order valence-corrected chi connectivity index (χ2v) is 2.71. The molecule has 0 unspecified atom stereocenters. The van der Waals surface area contributed by atoms with E-state index in [-0.39, 0.29) is 11.7 Å². The van der Waals surface area contributed by atoms with Crippen molar-refractivity contribution in [2.75, 3.05) is 0 Å². The van der Waals surface area contributed by atoms with Gasteiger partial charge in [-0.3, -0.25) is 4.79 Å². The lowest BCUT2D eigenvalue weighted by Crippen LogP contribution is -2.15. The smallest absolute Gasteiger partial charge is 0.156 e. The topological polar surface area (TPSA) is 47.8 Å². The minimum Gasteiger partial charge on any atom is -0.297 e. The van der Waals surface area contributed by atoms with Gasteiger partial charge in [0.2, 0.25) is 0 Å². The van der Waals surface area contributed by atoms with Gasteiger partial charge in [0, 0.05) is 5.92 Å². The zero-order chi connectivity index (χ0) is 8.27. The molecule has 0 N–H and O–H groups in total. The highest BCUT2D eigenvalue weighted by Crippen LogP contribution is 1.95. The number of carbonyl (C=O) groups is 1. The highest BCUT2D eigenvalue weighted by molar-refractivity contribution is 5.79. The summed E-state index contributed by atoms with van der Waals surface area (Å²) in [7, 11) is 0. The molecule has 0 radical (unpaired) electrons. The first kappa shape index (κ1) is 7.91. The van der Waals surface area contributed by atoms with Gasteiger partial charge in [-0.05, 0) is 0 Å². The summed E-state index contributed by atoms with van der Waals surface area (Å²) in [6.07, 6.45) is 2.97. The van der Waals surface area contributed by atoms with E-state index in [1.807, 2.05) is 13.8 Å². The standard InChI is InChI=1S/C7H11N3O/c1-6(2)7(11)3-10-5-8-4-9-10/h4-6H,3H2,1-2H3. The molecule has 0 fully saturated rings. The number of rotatable bonds is 3. The fraction of sp³-hybridized carbons (Fsp3) is 0.571. The summed E-state index contributed by atoms with van der Waals surface area (Å²) >= 11 is 0. The van der Waals surface area contributed by atoms with Crippen LogP contribution < -0.4 is 0 Å². The second-order valence-electron chi connectivity index (χ2n) is 2.71. The van der Waals surface area contributed by atoms with Crippen LogP contribution in [0.3, 0.4) is 0 Å². The highest BCUT2D eigenvalue weighted by atomic mass is 16.1. The number of carbonyl (C=O) groups excluding carboxylic acids is 1. The summed E-state index contributed by atoms with van der Waals surface area (Å²) in [5.74, 6) is 0.245. The summed E-state index contributed by atoms with van der Waals surface area (Å²) in [5.41, 5.74) is 0. The third-order valence-electron chi connectivity index (χ3n) is 1.43. The monoisotopic (exact) mass is 153 g/mol. The van der Waals surface area contributed by atoms with E-state index < -0.39 is 0 Å². The molecule has 1 aromatic rings. The first-order chi connectivity index (χ1) is 5.20. The van der Waals surface area contributed by atoms with Gasteiger partial charge in [-0.2, -0.15) is 5.10 Å². The molecule has 0 bridgehead atoms. The number of hydrogen-bond donors (Lipinski definition) is 0. The van der Waals surface area contributed by atoms with Gasteiger partial charge in [-0.25, -0.2) is 9.67 Å². The maximum atomic E-state index is 11.1. The molecule has 0 amide bonds. The van der Waals surface area contributed by atoms with Crippen molar-refractivity contribution in [2.24, 2.45) is 5.92 Å². The number of ketones is 1. The van der Waals surface area contributed by atoms with Gasteiger partial charge in [0.15, 0.2) is 5.78 Å². The average molecular weight is 153 g/mol. The van der Waals surface area contributed by atoms with E-state index in [9.17, 15) is 4.79 Å². The number of Topliss-reactive ketones (excluding diaryl/α,β-unsaturated/α-hetero) is 1. The summed E-state index contributed by atoms with van der Waals surface area (Å²) in [4.78, 5) is 14.9. The van der Waals surface area contributed by atoms with Crippen LogP contribution in [0, 0.1) is 5.92 Å². The first-order valence-electron chi connectivity index (χ1n) is 3.55. The largest absolute Gasteiger partial charge is 0.297 e. The van der Waals surface area contributed by atoms with Crippen molar-refractivity contribution in [2.45, 2.75) is 20.4 Å². The third kappa shape index (κ3) is 2.14. The molecule has 0 atom stereocenters. The molecule has 1 rings (SSSR count). The zero-order valence-electron chi connectivity index (χ0n) is 6.69. The van der Waals surface area contributed by atoms with Crippen LogP contribution >= 0.6 is 0 Å². The fourth-order valence-electron chi connectivity index (χ4n) is 0.657. The molecule has 0 spiro atoms. The van der Waals surface area contributed by atoms with Crippen molar-refractivity contribution in [1.29, 1.82) is 0 Å². The lowest BCUT2D eigenvalue weighted by atomic mass is 10.1. The lowest BCUT2D eigenvalue weighted by Gasteiger charge is -2.01. The molecule has 0 aromatic carbocycles. The Labute approximate surface area is 65.2 Å². The van der Waals surface area contributed by atoms with Gasteiger partial charge in [0.25, 0.3) is 0 Å². The molecule has 0 saturated heterocycles. The number of nitrogens with zero attached hydrogens (tertiary/aromatic N) is 3. The Morgan fingerprint density at radius 2 is 2.36 bits per heavy atom. The van der Waals surface area contributed by atoms with E-state index >= 15 is 0 Å². The molecule has 0 aliphatic rings. The van der Waals surface area contributed by atoms with Crippen molar-refractivity contribution in [3.63, 3.8) is 0 Å². The molecule has 1 aromatic heterocycles. The molecular formula is C7H11N3O. The average Bonchev–Trinajstić information content (AvgIpc) is 2.39. The Balaban J connectivity index is 2.50. The van der Waals surface area contributed by atoms with Crippen LogP contribution in [0.4, 0.5) is 0 Å². The van der Waals surface area contributed by atoms with Crippen LogP contribution in [-0.2, 0) is 11.3 Å². The van der Waals surface area contributed by atoms with Crippen molar-refractivity contribution >= 4 is 5.78 Å². The molecule has 4 nitrogen and oxygen atoms in total. The van der Waals surface area contributed by atoms with Crippen LogP contribution in [0.1, 0.15) is 13.8 Å². The van der Waals surface area contributed by atoms with Gasteiger partial charge in [-0.1, -0.05) is 13.8 Å². The van der Waals surface area contributed by atoms with E-state index in [4.69, 9.17) is 0 Å². The van der Waals surface area contributed by atoms with E-state index in [1.54, 1.807) is 6.33 Å². The first-order valence-corrected chi connectivity index (χ1v) is 3.55. The van der Waals surface area contributed by atoms with Gasteiger partial charge < -0.3 is 0 Å². The molecule has 11 heavy (non-hydrogen) atoms. The van der Waals surface area contributed by atoms with Crippen LogP contribution in [0.2, 0.25) is 0 Å². The zero-order valence-corrected chi connectivity index (χ0v) is 6.69. The van der Waals surface area contributed by atoms with E-state index in [1.165, 1.54) is 11.0 Å². The molecular weight excluding hydrogens is 142 g/mol. The quantitative estimate of drug-likeness (QED) is 0.635. The van der Waals surface area contributed by atoms with Gasteiger partial charge in [0.05, 0.1) is 0 Å². The van der Waals surface area contributed by atoms with Crippen molar-refractivity contribution in [3.05, 3.63) is 12.7 Å². The minimum absolute atomic E-state index is 0.0687. The maximum absolute atomic E-state index is 11.1. The van der Waals surface area contributed by atoms with E-state index in [2.05, 4.69) is 10.1 Å². The van der Waals surface area contributed by atoms with Gasteiger partial charge >= 0.3 is 0 Å². The van der Waals surface area contributed by atoms with Gasteiger partial charge in [-0.15, -0.1) is 0 Å². The molecule has 1 heterocycles. The maximum Gasteiger partial charge on any atom is 0.156 e. The number of aromatic nitrogens is 3. The Kier molecular flexibility index (Phi) is 2.36. The molecule has 0 aliphatic heterocycles. The highest BCUT2D eigenvalue weighted by Gasteiger charge is 2.07. The minimum atomic E-state index is 0.0687. The molecule has 0 saturated carbocycles. The Morgan fingerprint density at radius 1 is 1.64 bits per heavy atom. The Bertz CT molecular complexity index is 228. The fourth-order valence-corrected chi connectivity index (χ4v) is 0.657. The van der Waals surface area contributed by atoms with Gasteiger partial charge in [0.1, 0.15) is 19.2 Å². The second kappa shape index (κ2) is 3.27. The van der Waals surface area contributed by atoms with E-state index in [0.717, 1.165) is 0 Å². The predicted octanol–water partition coefficient (Wildman–Crippen LogP) is 0.503. The summed E-state index contributed by atoms with van der Waals surface area (Å²) in [6.45, 7) is 4.08. The predicted molar refractivity (Wildman–Crippen MR) is 39.9 cm³/mol. The van der Waals surface area contributed by atoms with Crippen LogP contribution in [0.5, 0.6) is 0 Å². The summed E-state index contributed by atoms with van der Waals surface area (Å²) in [5, 5.41) is 3.82. The Hall–Kier alpha value is -1.19. The third-order valence-corrected chi connectivity index (χ3v) is 1.43. The van der Waals surface area contributed by atoms with Crippen molar-refractivity contribution < 1.29 is 4.79 Å². The molecule has 0 aliphatic carbocycles. The SMILES string of the molecule is CC(C)C(=O)Cn1cncn1. The molecule has 60 valence electrons. The van der Waals surface area contributed by atoms with Crippen LogP contribution in [0.15, 0.2) is 12.7 Å². The van der Waals surface area contributed by atoms with E-state index in [0.29, 0.717) is 6.54 Å². The summed E-state index contributed by atoms with van der Waals surface area (Å²) < 4.78 is 1.53.